The van der Waals surface area contributed by atoms with Gasteiger partial charge < -0.3 is 4.74 Å². The molecule has 0 spiro atoms. The minimum Gasteiger partial charge on any atom is -0.406 e. The molecule has 0 saturated carbocycles. The first kappa shape index (κ1) is 14.9. The molecule has 20 heavy (non-hydrogen) atoms. The molecule has 0 unspecified atom stereocenters. The molecule has 2 aromatic rings. The average molecular weight is 318 g/mol. The van der Waals surface area contributed by atoms with Gasteiger partial charge in [-0.2, -0.15) is 0 Å². The van der Waals surface area contributed by atoms with Crippen LogP contribution in [0, 0.1) is 0 Å². The van der Waals surface area contributed by atoms with Crippen LogP contribution in [0.1, 0.15) is 5.56 Å². The molecule has 0 amide bonds. The fourth-order valence-corrected chi connectivity index (χ4v) is 2.40. The van der Waals surface area contributed by atoms with Crippen molar-refractivity contribution in [1.29, 1.82) is 0 Å². The van der Waals surface area contributed by atoms with Crippen molar-refractivity contribution in [3.05, 3.63) is 48.5 Å². The molecule has 0 aliphatic heterocycles. The third-order valence-corrected chi connectivity index (χ3v) is 3.73. The molecular formula is C12H9F3N2OS2. The standard InChI is InChI=1S/C12H9F3N2OS2/c13-12(14,15)18-10-3-1-9(2-4-10)7-20-11(19)17-6-5-16-8-17/h1-6,8H,7H2. The SMILES string of the molecule is FC(F)(F)Oc1ccc(CSC(=S)n2ccnc2)cc1. The van der Waals surface area contributed by atoms with Crippen molar-refractivity contribution in [2.24, 2.45) is 0 Å². The van der Waals surface area contributed by atoms with Gasteiger partial charge in [0, 0.05) is 18.1 Å². The van der Waals surface area contributed by atoms with Crippen molar-refractivity contribution in [1.82, 2.24) is 9.55 Å². The van der Waals surface area contributed by atoms with Crippen LogP contribution in [0.5, 0.6) is 5.75 Å². The highest BCUT2D eigenvalue weighted by Crippen LogP contribution is 2.24. The van der Waals surface area contributed by atoms with E-state index in [1.54, 1.807) is 35.4 Å². The number of thioether (sulfide) groups is 1. The minimum absolute atomic E-state index is 0.233. The zero-order valence-corrected chi connectivity index (χ0v) is 11.6. The van der Waals surface area contributed by atoms with Crippen LogP contribution < -0.4 is 4.74 Å². The number of aromatic nitrogens is 2. The lowest BCUT2D eigenvalue weighted by Crippen LogP contribution is -2.17. The predicted molar refractivity (Wildman–Crippen MR) is 74.6 cm³/mol. The second-order valence-corrected chi connectivity index (χ2v) is 5.33. The van der Waals surface area contributed by atoms with E-state index in [4.69, 9.17) is 12.2 Å². The van der Waals surface area contributed by atoms with E-state index in [1.165, 1.54) is 23.9 Å². The summed E-state index contributed by atoms with van der Waals surface area (Å²) in [5.74, 6) is 0.326. The highest BCUT2D eigenvalue weighted by atomic mass is 32.2. The summed E-state index contributed by atoms with van der Waals surface area (Å²) in [6.45, 7) is 0. The summed E-state index contributed by atoms with van der Waals surface area (Å²) in [4.78, 5) is 3.88. The Morgan fingerprint density at radius 3 is 2.55 bits per heavy atom. The molecule has 1 heterocycles. The van der Waals surface area contributed by atoms with Crippen LogP contribution in [0.4, 0.5) is 13.2 Å². The zero-order chi connectivity index (χ0) is 14.6. The first-order valence-corrected chi connectivity index (χ1v) is 6.83. The minimum atomic E-state index is -4.67. The lowest BCUT2D eigenvalue weighted by atomic mass is 10.2. The van der Waals surface area contributed by atoms with Gasteiger partial charge in [-0.1, -0.05) is 36.1 Å². The summed E-state index contributed by atoms with van der Waals surface area (Å²) in [7, 11) is 0. The molecule has 0 bridgehead atoms. The van der Waals surface area contributed by atoms with Crippen molar-refractivity contribution in [3.8, 4) is 5.75 Å². The largest absolute Gasteiger partial charge is 0.573 e. The Kier molecular flexibility index (Phi) is 4.66. The van der Waals surface area contributed by atoms with E-state index in [2.05, 4.69) is 9.72 Å². The van der Waals surface area contributed by atoms with Gasteiger partial charge in [0.1, 0.15) is 16.4 Å². The van der Waals surface area contributed by atoms with Crippen LogP contribution in [0.2, 0.25) is 0 Å². The fraction of sp³-hybridized carbons (Fsp3) is 0.167. The number of hydrogen-bond acceptors (Lipinski definition) is 4. The zero-order valence-electron chi connectivity index (χ0n) is 10.0. The van der Waals surface area contributed by atoms with Gasteiger partial charge in [0.05, 0.1) is 0 Å². The molecule has 0 aliphatic rings. The van der Waals surface area contributed by atoms with E-state index >= 15 is 0 Å². The monoisotopic (exact) mass is 318 g/mol. The highest BCUT2D eigenvalue weighted by Gasteiger charge is 2.30. The molecule has 0 radical (unpaired) electrons. The molecule has 2 rings (SSSR count). The Hall–Kier alpha value is -1.54. The van der Waals surface area contributed by atoms with Gasteiger partial charge in [0.25, 0.3) is 0 Å². The van der Waals surface area contributed by atoms with Crippen LogP contribution in [-0.2, 0) is 5.75 Å². The van der Waals surface area contributed by atoms with Crippen LogP contribution in [0.15, 0.2) is 43.0 Å². The maximum atomic E-state index is 12.0. The van der Waals surface area contributed by atoms with Crippen LogP contribution in [0.25, 0.3) is 0 Å². The Morgan fingerprint density at radius 2 is 2.00 bits per heavy atom. The number of rotatable bonds is 3. The van der Waals surface area contributed by atoms with Crippen molar-refractivity contribution in [2.45, 2.75) is 12.1 Å². The van der Waals surface area contributed by atoms with Gasteiger partial charge in [-0.3, -0.25) is 4.57 Å². The van der Waals surface area contributed by atoms with Crippen molar-refractivity contribution in [3.63, 3.8) is 0 Å². The van der Waals surface area contributed by atoms with Gasteiger partial charge in [-0.25, -0.2) is 4.98 Å². The van der Waals surface area contributed by atoms with Crippen molar-refractivity contribution < 1.29 is 17.9 Å². The third kappa shape index (κ3) is 4.53. The molecular weight excluding hydrogens is 309 g/mol. The fourth-order valence-electron chi connectivity index (χ4n) is 1.37. The first-order valence-electron chi connectivity index (χ1n) is 5.44. The normalized spacial score (nSPS) is 11.3. The van der Waals surface area contributed by atoms with Crippen molar-refractivity contribution >= 4 is 28.3 Å². The van der Waals surface area contributed by atoms with Gasteiger partial charge in [-0.05, 0) is 17.7 Å². The lowest BCUT2D eigenvalue weighted by molar-refractivity contribution is -0.274. The van der Waals surface area contributed by atoms with E-state index < -0.39 is 6.36 Å². The third-order valence-electron chi connectivity index (χ3n) is 2.23. The maximum absolute atomic E-state index is 12.0. The van der Waals surface area contributed by atoms with Crippen molar-refractivity contribution in [2.75, 3.05) is 0 Å². The highest BCUT2D eigenvalue weighted by molar-refractivity contribution is 8.22. The topological polar surface area (TPSA) is 27.1 Å². The summed E-state index contributed by atoms with van der Waals surface area (Å²) in [6, 6.07) is 5.71. The lowest BCUT2D eigenvalue weighted by Gasteiger charge is -2.09. The number of ether oxygens (including phenoxy) is 1. The van der Waals surface area contributed by atoms with Gasteiger partial charge >= 0.3 is 6.36 Å². The average Bonchev–Trinajstić information content (AvgIpc) is 2.89. The second-order valence-electron chi connectivity index (χ2n) is 3.72. The molecule has 8 heteroatoms. The molecule has 0 fully saturated rings. The summed E-state index contributed by atoms with van der Waals surface area (Å²) >= 11 is 6.58. The number of nitrogens with zero attached hydrogens (tertiary/aromatic N) is 2. The first-order chi connectivity index (χ1) is 9.44. The molecule has 0 aliphatic carbocycles. The van der Waals surface area contributed by atoms with E-state index in [-0.39, 0.29) is 5.75 Å². The van der Waals surface area contributed by atoms with Crippen LogP contribution in [0.3, 0.4) is 0 Å². The molecule has 0 N–H and O–H groups in total. The van der Waals surface area contributed by atoms with E-state index in [9.17, 15) is 13.2 Å². The van der Waals surface area contributed by atoms with E-state index in [1.807, 2.05) is 0 Å². The van der Waals surface area contributed by atoms with E-state index in [0.717, 1.165) is 5.56 Å². The summed E-state index contributed by atoms with van der Waals surface area (Å²) in [6.07, 6.45) is 0.278. The molecule has 0 atom stereocenters. The Bertz CT molecular complexity index is 567. The Morgan fingerprint density at radius 1 is 1.30 bits per heavy atom. The number of alkyl halides is 3. The van der Waals surface area contributed by atoms with Gasteiger partial charge in [0.2, 0.25) is 0 Å². The van der Waals surface area contributed by atoms with Crippen LogP contribution in [-0.4, -0.2) is 20.2 Å². The molecule has 1 aromatic heterocycles. The summed E-state index contributed by atoms with van der Waals surface area (Å²) < 4.78 is 42.1. The number of benzene rings is 1. The molecule has 0 saturated heterocycles. The number of halogens is 3. The number of thiocarbonyl (C=S) groups is 1. The molecule has 106 valence electrons. The Labute approximate surface area is 122 Å². The smallest absolute Gasteiger partial charge is 0.406 e. The van der Waals surface area contributed by atoms with E-state index in [0.29, 0.717) is 10.1 Å². The summed E-state index contributed by atoms with van der Waals surface area (Å²) in [5, 5.41) is 0. The number of imidazole rings is 1. The van der Waals surface area contributed by atoms with Gasteiger partial charge in [0.15, 0.2) is 0 Å². The quantitative estimate of drug-likeness (QED) is 0.803. The second kappa shape index (κ2) is 6.27. The molecule has 1 aromatic carbocycles. The number of hydrogen-bond donors (Lipinski definition) is 0. The Balaban J connectivity index is 1.89. The van der Waals surface area contributed by atoms with Crippen LogP contribution >= 0.6 is 24.0 Å². The predicted octanol–water partition coefficient (Wildman–Crippen LogP) is 3.85. The van der Waals surface area contributed by atoms with Gasteiger partial charge in [-0.15, -0.1) is 13.2 Å². The summed E-state index contributed by atoms with van der Waals surface area (Å²) in [5.41, 5.74) is 0.854. The molecule has 3 nitrogen and oxygen atoms in total. The maximum Gasteiger partial charge on any atom is 0.573 e.